The van der Waals surface area contributed by atoms with Gasteiger partial charge in [0, 0.05) is 31.1 Å². The van der Waals surface area contributed by atoms with Crippen LogP contribution in [-0.4, -0.2) is 36.8 Å². The average molecular weight is 248 g/mol. The second-order valence-corrected chi connectivity index (χ2v) is 5.01. The zero-order chi connectivity index (χ0) is 13.1. The Labute approximate surface area is 107 Å². The van der Waals surface area contributed by atoms with Gasteiger partial charge >= 0.3 is 0 Å². The van der Waals surface area contributed by atoms with Crippen molar-refractivity contribution in [1.82, 2.24) is 10.6 Å². The highest BCUT2D eigenvalue weighted by Gasteiger charge is 2.25. The van der Waals surface area contributed by atoms with Crippen molar-refractivity contribution in [2.75, 3.05) is 19.6 Å². The fourth-order valence-corrected chi connectivity index (χ4v) is 2.31. The monoisotopic (exact) mass is 248 g/mol. The first-order valence-corrected chi connectivity index (χ1v) is 6.32. The summed E-state index contributed by atoms with van der Waals surface area (Å²) in [6, 6.07) is 5.79. The van der Waals surface area contributed by atoms with Crippen LogP contribution in [0.5, 0.6) is 0 Å². The van der Waals surface area contributed by atoms with Gasteiger partial charge in [0.05, 0.1) is 6.10 Å². The molecule has 1 amide bonds. The van der Waals surface area contributed by atoms with Gasteiger partial charge in [-0.25, -0.2) is 0 Å². The molecule has 4 nitrogen and oxygen atoms in total. The molecule has 1 aliphatic heterocycles. The summed E-state index contributed by atoms with van der Waals surface area (Å²) in [4.78, 5) is 12.0. The molecule has 2 rings (SSSR count). The maximum Gasteiger partial charge on any atom is 0.251 e. The van der Waals surface area contributed by atoms with Crippen molar-refractivity contribution >= 4 is 5.91 Å². The van der Waals surface area contributed by atoms with Gasteiger partial charge in [-0.2, -0.15) is 0 Å². The van der Waals surface area contributed by atoms with Gasteiger partial charge in [0.25, 0.3) is 5.91 Å². The van der Waals surface area contributed by atoms with Crippen molar-refractivity contribution in [2.24, 2.45) is 5.92 Å². The lowest BCUT2D eigenvalue weighted by atomic mass is 10.0. The van der Waals surface area contributed by atoms with Crippen molar-refractivity contribution in [3.8, 4) is 0 Å². The smallest absolute Gasteiger partial charge is 0.251 e. The number of aliphatic hydroxyl groups is 1. The minimum atomic E-state index is -0.357. The maximum absolute atomic E-state index is 12.0. The molecule has 1 aromatic rings. The van der Waals surface area contributed by atoms with Gasteiger partial charge in [0.2, 0.25) is 0 Å². The number of carbonyl (C=O) groups excluding carboxylic acids is 1. The predicted octanol–water partition coefficient (Wildman–Crippen LogP) is 0.614. The average Bonchev–Trinajstić information content (AvgIpc) is 2.72. The standard InChI is InChI=1S/C14H20N2O2/c1-9-3-4-12(10(2)5-9)14(18)16-7-11-6-15-8-13(11)17/h3-5,11,13,15,17H,6-8H2,1-2H3,(H,16,18). The molecule has 1 fully saturated rings. The predicted molar refractivity (Wildman–Crippen MR) is 70.6 cm³/mol. The summed E-state index contributed by atoms with van der Waals surface area (Å²) in [5.41, 5.74) is 2.85. The number of β-amino-alcohol motifs (C(OH)–C–C–N with tert-alkyl or cyclic N) is 1. The van der Waals surface area contributed by atoms with Crippen LogP contribution < -0.4 is 10.6 Å². The van der Waals surface area contributed by atoms with Crippen LogP contribution >= 0.6 is 0 Å². The largest absolute Gasteiger partial charge is 0.391 e. The maximum atomic E-state index is 12.0. The molecule has 0 saturated carbocycles. The van der Waals surface area contributed by atoms with E-state index in [1.807, 2.05) is 32.0 Å². The number of hydrogen-bond acceptors (Lipinski definition) is 3. The zero-order valence-electron chi connectivity index (χ0n) is 10.9. The van der Waals surface area contributed by atoms with Gasteiger partial charge < -0.3 is 15.7 Å². The van der Waals surface area contributed by atoms with Crippen LogP contribution in [0.25, 0.3) is 0 Å². The lowest BCUT2D eigenvalue weighted by molar-refractivity contribution is 0.0926. The third-order valence-electron chi connectivity index (χ3n) is 3.46. The Morgan fingerprint density at radius 2 is 2.22 bits per heavy atom. The van der Waals surface area contributed by atoms with E-state index in [0.717, 1.165) is 17.7 Å². The molecule has 0 aromatic heterocycles. The molecule has 1 aliphatic rings. The number of benzene rings is 1. The topological polar surface area (TPSA) is 61.4 Å². The minimum absolute atomic E-state index is 0.0633. The van der Waals surface area contributed by atoms with E-state index >= 15 is 0 Å². The normalized spacial score (nSPS) is 23.1. The summed E-state index contributed by atoms with van der Waals surface area (Å²) in [5.74, 6) is 0.0475. The molecule has 1 aromatic carbocycles. The Morgan fingerprint density at radius 3 is 2.83 bits per heavy atom. The third-order valence-corrected chi connectivity index (χ3v) is 3.46. The van der Waals surface area contributed by atoms with E-state index in [2.05, 4.69) is 10.6 Å². The molecule has 4 heteroatoms. The molecule has 1 heterocycles. The Morgan fingerprint density at radius 1 is 1.44 bits per heavy atom. The highest BCUT2D eigenvalue weighted by atomic mass is 16.3. The highest BCUT2D eigenvalue weighted by Crippen LogP contribution is 2.11. The molecule has 2 atom stereocenters. The molecular weight excluding hydrogens is 228 g/mol. The summed E-state index contributed by atoms with van der Waals surface area (Å²) in [6.45, 7) is 5.84. The summed E-state index contributed by atoms with van der Waals surface area (Å²) >= 11 is 0. The van der Waals surface area contributed by atoms with Crippen LogP contribution in [-0.2, 0) is 0 Å². The van der Waals surface area contributed by atoms with Crippen molar-refractivity contribution < 1.29 is 9.90 Å². The van der Waals surface area contributed by atoms with Crippen LogP contribution in [0.2, 0.25) is 0 Å². The number of amides is 1. The summed E-state index contributed by atoms with van der Waals surface area (Å²) in [5, 5.41) is 15.6. The van der Waals surface area contributed by atoms with Crippen molar-refractivity contribution in [1.29, 1.82) is 0 Å². The Bertz CT molecular complexity index is 445. The molecule has 0 aliphatic carbocycles. The third kappa shape index (κ3) is 2.89. The van der Waals surface area contributed by atoms with E-state index in [1.165, 1.54) is 0 Å². The number of aliphatic hydroxyl groups excluding tert-OH is 1. The first kappa shape index (κ1) is 13.1. The Hall–Kier alpha value is -1.39. The number of rotatable bonds is 3. The lowest BCUT2D eigenvalue weighted by Crippen LogP contribution is -2.34. The van der Waals surface area contributed by atoms with Gasteiger partial charge in [0.15, 0.2) is 0 Å². The van der Waals surface area contributed by atoms with E-state index in [1.54, 1.807) is 0 Å². The number of carbonyl (C=O) groups is 1. The first-order valence-electron chi connectivity index (χ1n) is 6.32. The molecule has 0 spiro atoms. The fraction of sp³-hybridized carbons (Fsp3) is 0.500. The van der Waals surface area contributed by atoms with E-state index in [0.29, 0.717) is 18.7 Å². The number of hydrogen-bond donors (Lipinski definition) is 3. The van der Waals surface area contributed by atoms with E-state index in [9.17, 15) is 9.90 Å². The fourth-order valence-electron chi connectivity index (χ4n) is 2.31. The number of nitrogens with one attached hydrogen (secondary N) is 2. The molecule has 0 radical (unpaired) electrons. The van der Waals surface area contributed by atoms with Crippen LogP contribution in [0.15, 0.2) is 18.2 Å². The molecular formula is C14H20N2O2. The van der Waals surface area contributed by atoms with Crippen LogP contribution in [0.4, 0.5) is 0 Å². The van der Waals surface area contributed by atoms with E-state index in [-0.39, 0.29) is 17.9 Å². The molecule has 3 N–H and O–H groups in total. The van der Waals surface area contributed by atoms with E-state index < -0.39 is 0 Å². The van der Waals surface area contributed by atoms with Crippen molar-refractivity contribution in [3.63, 3.8) is 0 Å². The summed E-state index contributed by atoms with van der Waals surface area (Å²) < 4.78 is 0. The molecule has 2 unspecified atom stereocenters. The molecule has 1 saturated heterocycles. The van der Waals surface area contributed by atoms with Gasteiger partial charge in [-0.05, 0) is 25.5 Å². The zero-order valence-corrected chi connectivity index (χ0v) is 10.9. The second-order valence-electron chi connectivity index (χ2n) is 5.01. The minimum Gasteiger partial charge on any atom is -0.391 e. The van der Waals surface area contributed by atoms with Crippen molar-refractivity contribution in [2.45, 2.75) is 20.0 Å². The van der Waals surface area contributed by atoms with E-state index in [4.69, 9.17) is 0 Å². The Kier molecular flexibility index (Phi) is 3.99. The quantitative estimate of drug-likeness (QED) is 0.734. The Balaban J connectivity index is 1.95. The van der Waals surface area contributed by atoms with Gasteiger partial charge in [-0.1, -0.05) is 17.7 Å². The second kappa shape index (κ2) is 5.50. The summed E-state index contributed by atoms with van der Waals surface area (Å²) in [6.07, 6.45) is -0.357. The molecule has 98 valence electrons. The summed E-state index contributed by atoms with van der Waals surface area (Å²) in [7, 11) is 0. The van der Waals surface area contributed by atoms with Crippen LogP contribution in [0.1, 0.15) is 21.5 Å². The van der Waals surface area contributed by atoms with Crippen molar-refractivity contribution in [3.05, 3.63) is 34.9 Å². The first-order chi connectivity index (χ1) is 8.58. The van der Waals surface area contributed by atoms with Gasteiger partial charge in [0.1, 0.15) is 0 Å². The van der Waals surface area contributed by atoms with Crippen LogP contribution in [0.3, 0.4) is 0 Å². The van der Waals surface area contributed by atoms with Crippen LogP contribution in [0, 0.1) is 19.8 Å². The lowest BCUT2D eigenvalue weighted by Gasteiger charge is -2.15. The van der Waals surface area contributed by atoms with Gasteiger partial charge in [-0.3, -0.25) is 4.79 Å². The SMILES string of the molecule is Cc1ccc(C(=O)NCC2CNCC2O)c(C)c1. The molecule has 0 bridgehead atoms. The highest BCUT2D eigenvalue weighted by molar-refractivity contribution is 5.95. The number of aryl methyl sites for hydroxylation is 2. The van der Waals surface area contributed by atoms with Gasteiger partial charge in [-0.15, -0.1) is 0 Å². The molecule has 18 heavy (non-hydrogen) atoms.